The fraction of sp³-hybridized carbons (Fsp3) is 0.424. The Morgan fingerprint density at radius 1 is 0.957 bits per heavy atom. The highest BCUT2D eigenvalue weighted by Gasteiger charge is 2.25. The van der Waals surface area contributed by atoms with E-state index in [0.717, 1.165) is 28.2 Å². The zero-order valence-electron chi connectivity index (χ0n) is 27.0. The summed E-state index contributed by atoms with van der Waals surface area (Å²) in [7, 11) is 5.45. The van der Waals surface area contributed by atoms with Crippen molar-refractivity contribution in [2.45, 2.75) is 13.5 Å². The lowest BCUT2D eigenvalue weighted by Gasteiger charge is -2.35. The number of carbonyl (C=O) groups excluding carboxylic acids is 2. The fourth-order valence-electron chi connectivity index (χ4n) is 5.33. The average molecular weight is 631 g/mol. The summed E-state index contributed by atoms with van der Waals surface area (Å²) in [5.74, 6) is 1.59. The third kappa shape index (κ3) is 7.90. The van der Waals surface area contributed by atoms with E-state index in [2.05, 4.69) is 20.0 Å². The number of amides is 2. The van der Waals surface area contributed by atoms with E-state index < -0.39 is 6.09 Å². The van der Waals surface area contributed by atoms with Crippen molar-refractivity contribution < 1.29 is 23.8 Å². The van der Waals surface area contributed by atoms with Crippen molar-refractivity contribution in [1.82, 2.24) is 29.5 Å². The first-order valence-electron chi connectivity index (χ1n) is 15.5. The average Bonchev–Trinajstić information content (AvgIpc) is 3.48. The van der Waals surface area contributed by atoms with Crippen LogP contribution >= 0.6 is 0 Å². The predicted octanol–water partition coefficient (Wildman–Crippen LogP) is 3.39. The lowest BCUT2D eigenvalue weighted by molar-refractivity contribution is 0.0746. The molecular formula is C33H42N8O5. The number of anilines is 2. The van der Waals surface area contributed by atoms with Gasteiger partial charge in [0.05, 0.1) is 31.3 Å². The van der Waals surface area contributed by atoms with Gasteiger partial charge in [-0.1, -0.05) is 12.1 Å². The summed E-state index contributed by atoms with van der Waals surface area (Å²) in [5.41, 5.74) is 3.06. The second kappa shape index (κ2) is 15.5. The Bertz CT molecular complexity index is 1600. The van der Waals surface area contributed by atoms with Crippen LogP contribution in [0.3, 0.4) is 0 Å². The lowest BCUT2D eigenvalue weighted by atomic mass is 10.1. The second-order valence-electron chi connectivity index (χ2n) is 11.2. The van der Waals surface area contributed by atoms with E-state index in [1.54, 1.807) is 42.6 Å². The minimum Gasteiger partial charge on any atom is -0.494 e. The van der Waals surface area contributed by atoms with Gasteiger partial charge in [0.25, 0.3) is 5.91 Å². The zero-order chi connectivity index (χ0) is 32.5. The number of hydrogen-bond donors (Lipinski definition) is 0. The molecule has 0 spiro atoms. The number of ether oxygens (including phenoxy) is 3. The Kier molecular flexibility index (Phi) is 11.0. The number of benzene rings is 2. The normalized spacial score (nSPS) is 13.3. The van der Waals surface area contributed by atoms with Crippen LogP contribution in [0.15, 0.2) is 61.1 Å². The van der Waals surface area contributed by atoms with Crippen LogP contribution in [-0.2, 0) is 16.0 Å². The first kappa shape index (κ1) is 32.6. The molecule has 13 nitrogen and oxygen atoms in total. The minimum absolute atomic E-state index is 0.0522. The summed E-state index contributed by atoms with van der Waals surface area (Å²) in [4.78, 5) is 42.9. The summed E-state index contributed by atoms with van der Waals surface area (Å²) >= 11 is 0. The van der Waals surface area contributed by atoms with Crippen LogP contribution in [0.1, 0.15) is 22.8 Å². The van der Waals surface area contributed by atoms with Gasteiger partial charge >= 0.3 is 6.09 Å². The van der Waals surface area contributed by atoms with Crippen molar-refractivity contribution in [1.29, 1.82) is 0 Å². The number of carbonyl (C=O) groups is 2. The molecule has 1 fully saturated rings. The minimum atomic E-state index is -0.450. The largest absolute Gasteiger partial charge is 0.494 e. The Balaban J connectivity index is 1.22. The van der Waals surface area contributed by atoms with Crippen molar-refractivity contribution in [3.8, 4) is 5.75 Å². The molecule has 0 unspecified atom stereocenters. The maximum Gasteiger partial charge on any atom is 0.414 e. The molecule has 0 saturated carbocycles. The molecule has 5 rings (SSSR count). The van der Waals surface area contributed by atoms with Crippen LogP contribution in [-0.4, -0.2) is 122 Å². The van der Waals surface area contributed by atoms with Crippen molar-refractivity contribution in [2.75, 3.05) is 90.1 Å². The van der Waals surface area contributed by atoms with Gasteiger partial charge in [0.1, 0.15) is 24.5 Å². The van der Waals surface area contributed by atoms with Gasteiger partial charge in [0, 0.05) is 57.6 Å². The molecule has 1 saturated heterocycles. The summed E-state index contributed by atoms with van der Waals surface area (Å²) in [6.45, 7) is 7.09. The topological polar surface area (TPSA) is 118 Å². The van der Waals surface area contributed by atoms with E-state index in [1.807, 2.05) is 66.0 Å². The molecule has 1 aliphatic heterocycles. The highest BCUT2D eigenvalue weighted by molar-refractivity contribution is 5.96. The molecule has 2 aromatic carbocycles. The van der Waals surface area contributed by atoms with E-state index in [4.69, 9.17) is 14.2 Å². The van der Waals surface area contributed by atoms with Crippen molar-refractivity contribution in [2.24, 2.45) is 0 Å². The van der Waals surface area contributed by atoms with Crippen LogP contribution in [0, 0.1) is 0 Å². The van der Waals surface area contributed by atoms with Gasteiger partial charge in [0.15, 0.2) is 5.65 Å². The Hall–Kier alpha value is -4.75. The summed E-state index contributed by atoms with van der Waals surface area (Å²) in [6.07, 6.45) is 2.93. The summed E-state index contributed by atoms with van der Waals surface area (Å²) in [5, 5.41) is 5.49. The number of methoxy groups -OCH3 is 1. The van der Waals surface area contributed by atoms with Gasteiger partial charge < -0.3 is 28.9 Å². The van der Waals surface area contributed by atoms with E-state index >= 15 is 0 Å². The third-order valence-electron chi connectivity index (χ3n) is 7.75. The number of fused-ring (bicyclic) bond motifs is 1. The molecule has 2 amide bonds. The number of nitrogens with zero attached hydrogens (tertiary/aromatic N) is 8. The quantitative estimate of drug-likeness (QED) is 0.204. The van der Waals surface area contributed by atoms with E-state index in [0.29, 0.717) is 70.3 Å². The molecule has 0 N–H and O–H groups in total. The van der Waals surface area contributed by atoms with Crippen LogP contribution in [0.5, 0.6) is 5.75 Å². The number of rotatable bonds is 13. The molecule has 1 aliphatic rings. The number of hydrogen-bond acceptors (Lipinski definition) is 10. The van der Waals surface area contributed by atoms with Gasteiger partial charge in [-0.15, -0.1) is 0 Å². The maximum atomic E-state index is 13.4. The Morgan fingerprint density at radius 3 is 2.46 bits per heavy atom. The van der Waals surface area contributed by atoms with E-state index in [-0.39, 0.29) is 12.5 Å². The van der Waals surface area contributed by atoms with Crippen LogP contribution in [0.25, 0.3) is 11.0 Å². The summed E-state index contributed by atoms with van der Waals surface area (Å²) < 4.78 is 17.9. The SMILES string of the molecule is CCOc1cccc(Cn2ncc3c(N4CCN(C(=O)c5ccc(N(CCN(C)C)C(=O)OCCOC)cc5)CC4)ncnc32)c1. The van der Waals surface area contributed by atoms with Crippen LogP contribution in [0.2, 0.25) is 0 Å². The zero-order valence-corrected chi connectivity index (χ0v) is 27.0. The molecule has 0 aliphatic carbocycles. The number of likely N-dealkylation sites (N-methyl/N-ethyl adjacent to an activating group) is 1. The van der Waals surface area contributed by atoms with Crippen LogP contribution in [0.4, 0.5) is 16.3 Å². The molecule has 13 heteroatoms. The van der Waals surface area contributed by atoms with Crippen molar-refractivity contribution >= 4 is 34.5 Å². The molecule has 0 atom stereocenters. The highest BCUT2D eigenvalue weighted by atomic mass is 16.6. The monoisotopic (exact) mass is 630 g/mol. The first-order chi connectivity index (χ1) is 22.4. The molecule has 0 bridgehead atoms. The summed E-state index contributed by atoms with van der Waals surface area (Å²) in [6, 6.07) is 15.1. The van der Waals surface area contributed by atoms with E-state index in [9.17, 15) is 9.59 Å². The van der Waals surface area contributed by atoms with Crippen molar-refractivity contribution in [3.05, 3.63) is 72.2 Å². The number of aromatic nitrogens is 4. The number of piperazine rings is 1. The fourth-order valence-corrected chi connectivity index (χ4v) is 5.33. The van der Waals surface area contributed by atoms with Gasteiger partial charge in [-0.05, 0) is 63.0 Å². The molecule has 2 aromatic heterocycles. The van der Waals surface area contributed by atoms with Crippen molar-refractivity contribution in [3.63, 3.8) is 0 Å². The molecule has 3 heterocycles. The maximum absolute atomic E-state index is 13.4. The Morgan fingerprint density at radius 2 is 1.74 bits per heavy atom. The molecule has 4 aromatic rings. The van der Waals surface area contributed by atoms with Gasteiger partial charge in [-0.3, -0.25) is 9.69 Å². The standard InChI is InChI=1S/C33H42N8O5/c1-5-45-28-8-6-7-25(21-28)23-41-31-29(22-36-41)30(34-24-35-31)38-14-16-39(17-15-38)32(42)26-9-11-27(12-10-26)40(18-13-37(2)3)33(43)46-20-19-44-4/h6-12,21-22,24H,5,13-20,23H2,1-4H3. The Labute approximate surface area is 269 Å². The molecular weight excluding hydrogens is 588 g/mol. The van der Waals surface area contributed by atoms with Crippen LogP contribution < -0.4 is 14.5 Å². The first-order valence-corrected chi connectivity index (χ1v) is 15.5. The second-order valence-corrected chi connectivity index (χ2v) is 11.2. The molecule has 46 heavy (non-hydrogen) atoms. The van der Waals surface area contributed by atoms with Gasteiger partial charge in [-0.25, -0.2) is 19.4 Å². The van der Waals surface area contributed by atoms with E-state index in [1.165, 1.54) is 0 Å². The molecule has 0 radical (unpaired) electrons. The van der Waals surface area contributed by atoms with Gasteiger partial charge in [-0.2, -0.15) is 5.10 Å². The molecule has 244 valence electrons. The lowest BCUT2D eigenvalue weighted by Crippen LogP contribution is -2.49. The predicted molar refractivity (Wildman–Crippen MR) is 176 cm³/mol. The highest BCUT2D eigenvalue weighted by Crippen LogP contribution is 2.25. The third-order valence-corrected chi connectivity index (χ3v) is 7.75. The van der Waals surface area contributed by atoms with Gasteiger partial charge in [0.2, 0.25) is 0 Å². The smallest absolute Gasteiger partial charge is 0.414 e.